The quantitative estimate of drug-likeness (QED) is 0.738. The summed E-state index contributed by atoms with van der Waals surface area (Å²) in [6, 6.07) is 12.0. The van der Waals surface area contributed by atoms with Gasteiger partial charge in [0.2, 0.25) is 16.0 Å². The summed E-state index contributed by atoms with van der Waals surface area (Å²) in [7, 11) is -3.71. The van der Waals surface area contributed by atoms with E-state index in [0.717, 1.165) is 4.31 Å². The van der Waals surface area contributed by atoms with E-state index in [2.05, 4.69) is 20.9 Å². The van der Waals surface area contributed by atoms with Gasteiger partial charge in [0.1, 0.15) is 17.5 Å². The number of fused-ring (bicyclic) bond motifs is 1. The van der Waals surface area contributed by atoms with Crippen molar-refractivity contribution in [3.05, 3.63) is 52.5 Å². The maximum atomic E-state index is 13.0. The minimum Gasteiger partial charge on any atom is -0.506 e. The number of hydrogen-bond acceptors (Lipinski definition) is 6. The number of anilines is 1. The minimum absolute atomic E-state index is 0.0570. The van der Waals surface area contributed by atoms with Gasteiger partial charge in [0.15, 0.2) is 0 Å². The first kappa shape index (κ1) is 18.5. The van der Waals surface area contributed by atoms with Crippen LogP contribution in [0.3, 0.4) is 0 Å². The molecule has 2 heterocycles. The van der Waals surface area contributed by atoms with E-state index >= 15 is 0 Å². The zero-order valence-corrected chi connectivity index (χ0v) is 16.7. The van der Waals surface area contributed by atoms with E-state index in [0.29, 0.717) is 10.2 Å². The van der Waals surface area contributed by atoms with E-state index < -0.39 is 22.0 Å². The smallest absolute Gasteiger partial charge is 0.258 e. The number of carbonyl (C=O) groups excluding carboxylic acids is 1. The van der Waals surface area contributed by atoms with Crippen LogP contribution in [0.1, 0.15) is 12.0 Å². The second-order valence-electron chi connectivity index (χ2n) is 6.27. The lowest BCUT2D eigenvalue weighted by Crippen LogP contribution is -2.37. The number of amides is 1. The molecule has 1 unspecified atom stereocenters. The van der Waals surface area contributed by atoms with Gasteiger partial charge in [-0.2, -0.15) is 5.26 Å². The number of phenolic OH excluding ortho intramolecular Hbond substituents is 1. The van der Waals surface area contributed by atoms with Crippen LogP contribution in [-0.2, 0) is 14.8 Å². The van der Waals surface area contributed by atoms with E-state index in [1.54, 1.807) is 24.3 Å². The third-order valence-electron chi connectivity index (χ3n) is 4.55. The molecule has 0 spiro atoms. The molecule has 2 aliphatic heterocycles. The number of para-hydroxylation sites is 1. The standard InChI is InChI=1S/C18H13BrN4O4S/c19-12-3-1-2-4-14(12)22-17(25)15-7-8-28(26,27)23(15)18(22)21-13-6-5-11(10-20)9-16(13)24/h1-6,9,15,24H,7-8H2. The van der Waals surface area contributed by atoms with Crippen LogP contribution in [0.5, 0.6) is 5.75 Å². The maximum Gasteiger partial charge on any atom is 0.258 e. The van der Waals surface area contributed by atoms with Gasteiger partial charge in [-0.05, 0) is 52.7 Å². The average molecular weight is 461 g/mol. The van der Waals surface area contributed by atoms with Crippen LogP contribution < -0.4 is 4.90 Å². The second-order valence-corrected chi connectivity index (χ2v) is 9.09. The van der Waals surface area contributed by atoms with Crippen molar-refractivity contribution in [3.8, 4) is 11.8 Å². The molecule has 2 aromatic carbocycles. The molecule has 1 N–H and O–H groups in total. The summed E-state index contributed by atoms with van der Waals surface area (Å²) in [6.45, 7) is 0. The number of guanidine groups is 1. The number of nitriles is 1. The molecule has 0 radical (unpaired) electrons. The highest BCUT2D eigenvalue weighted by Gasteiger charge is 2.54. The monoisotopic (exact) mass is 460 g/mol. The van der Waals surface area contributed by atoms with Gasteiger partial charge >= 0.3 is 0 Å². The first-order valence-corrected chi connectivity index (χ1v) is 10.7. The summed E-state index contributed by atoms with van der Waals surface area (Å²) >= 11 is 3.39. The summed E-state index contributed by atoms with van der Waals surface area (Å²) in [6.07, 6.45) is 0.167. The molecular formula is C18H13BrN4O4S. The third-order valence-corrected chi connectivity index (χ3v) is 6.99. The van der Waals surface area contributed by atoms with Crippen LogP contribution in [0.15, 0.2) is 51.9 Å². The highest BCUT2D eigenvalue weighted by Crippen LogP contribution is 2.38. The predicted molar refractivity (Wildman–Crippen MR) is 106 cm³/mol. The summed E-state index contributed by atoms with van der Waals surface area (Å²) < 4.78 is 26.8. The molecule has 2 aromatic rings. The zero-order valence-electron chi connectivity index (χ0n) is 14.3. The van der Waals surface area contributed by atoms with Crippen LogP contribution in [0.25, 0.3) is 0 Å². The molecule has 1 amide bonds. The number of hydrogen-bond donors (Lipinski definition) is 1. The summed E-state index contributed by atoms with van der Waals surface area (Å²) in [4.78, 5) is 18.6. The SMILES string of the molecule is N#Cc1ccc(N=C2N(c3ccccc3Br)C(=O)C3CCS(=O)(=O)N23)c(O)c1. The molecule has 1 atom stereocenters. The van der Waals surface area contributed by atoms with Crippen molar-refractivity contribution >= 4 is 49.2 Å². The normalized spacial score (nSPS) is 21.8. The molecular weight excluding hydrogens is 448 g/mol. The van der Waals surface area contributed by atoms with E-state index in [4.69, 9.17) is 5.26 Å². The van der Waals surface area contributed by atoms with Gasteiger partial charge in [-0.25, -0.2) is 22.6 Å². The number of halogens is 1. The van der Waals surface area contributed by atoms with E-state index in [-0.39, 0.29) is 35.1 Å². The van der Waals surface area contributed by atoms with Crippen LogP contribution in [0.2, 0.25) is 0 Å². The molecule has 2 saturated heterocycles. The Kier molecular flexibility index (Phi) is 4.36. The number of rotatable bonds is 2. The fraction of sp³-hybridized carbons (Fsp3) is 0.167. The van der Waals surface area contributed by atoms with E-state index in [1.807, 2.05) is 6.07 Å². The Hall–Kier alpha value is -2.90. The van der Waals surface area contributed by atoms with Gasteiger partial charge in [0.05, 0.1) is 23.1 Å². The van der Waals surface area contributed by atoms with Gasteiger partial charge < -0.3 is 5.11 Å². The van der Waals surface area contributed by atoms with Crippen molar-refractivity contribution in [3.63, 3.8) is 0 Å². The summed E-state index contributed by atoms with van der Waals surface area (Å²) in [5.74, 6) is -0.934. The second kappa shape index (κ2) is 6.61. The Morgan fingerprint density at radius 3 is 2.68 bits per heavy atom. The van der Waals surface area contributed by atoms with Crippen molar-refractivity contribution in [2.75, 3.05) is 10.7 Å². The number of carbonyl (C=O) groups is 1. The zero-order chi connectivity index (χ0) is 20.1. The van der Waals surface area contributed by atoms with E-state index in [1.165, 1.54) is 23.1 Å². The fourth-order valence-electron chi connectivity index (χ4n) is 3.26. The Morgan fingerprint density at radius 2 is 2.00 bits per heavy atom. The van der Waals surface area contributed by atoms with Crippen molar-refractivity contribution in [1.29, 1.82) is 5.26 Å². The molecule has 0 bridgehead atoms. The van der Waals surface area contributed by atoms with E-state index in [9.17, 15) is 18.3 Å². The topological polar surface area (TPSA) is 114 Å². The number of sulfonamides is 1. The van der Waals surface area contributed by atoms with Crippen molar-refractivity contribution in [2.24, 2.45) is 4.99 Å². The Bertz CT molecular complexity index is 1170. The molecule has 0 saturated carbocycles. The lowest BCUT2D eigenvalue weighted by Gasteiger charge is -2.21. The lowest BCUT2D eigenvalue weighted by molar-refractivity contribution is -0.118. The Morgan fingerprint density at radius 1 is 1.25 bits per heavy atom. The molecule has 10 heteroatoms. The van der Waals surface area contributed by atoms with Crippen LogP contribution in [-0.4, -0.2) is 41.5 Å². The first-order chi connectivity index (χ1) is 13.3. The van der Waals surface area contributed by atoms with Crippen LogP contribution in [0, 0.1) is 11.3 Å². The number of aliphatic imine (C=N–C) groups is 1. The van der Waals surface area contributed by atoms with Crippen molar-refractivity contribution in [2.45, 2.75) is 12.5 Å². The average Bonchev–Trinajstić information content (AvgIpc) is 3.13. The number of aromatic hydroxyl groups is 1. The Labute approximate surface area is 169 Å². The number of benzene rings is 2. The lowest BCUT2D eigenvalue weighted by atomic mass is 10.2. The third kappa shape index (κ3) is 2.83. The molecule has 0 aromatic heterocycles. The molecule has 8 nitrogen and oxygen atoms in total. The van der Waals surface area contributed by atoms with Gasteiger partial charge in [-0.15, -0.1) is 0 Å². The summed E-state index contributed by atoms with van der Waals surface area (Å²) in [5.41, 5.74) is 0.740. The molecule has 142 valence electrons. The Balaban J connectivity index is 1.92. The van der Waals surface area contributed by atoms with Crippen molar-refractivity contribution in [1.82, 2.24) is 4.31 Å². The van der Waals surface area contributed by atoms with Crippen LogP contribution in [0.4, 0.5) is 11.4 Å². The van der Waals surface area contributed by atoms with Gasteiger partial charge in [0, 0.05) is 4.47 Å². The highest BCUT2D eigenvalue weighted by molar-refractivity contribution is 9.10. The summed E-state index contributed by atoms with van der Waals surface area (Å²) in [5, 5.41) is 19.1. The van der Waals surface area contributed by atoms with Gasteiger partial charge in [-0.3, -0.25) is 4.79 Å². The van der Waals surface area contributed by atoms with Crippen molar-refractivity contribution < 1.29 is 18.3 Å². The van der Waals surface area contributed by atoms with Crippen LogP contribution >= 0.6 is 15.9 Å². The van der Waals surface area contributed by atoms with Gasteiger partial charge in [-0.1, -0.05) is 12.1 Å². The molecule has 0 aliphatic carbocycles. The fourth-order valence-corrected chi connectivity index (χ4v) is 5.39. The molecule has 4 rings (SSSR count). The largest absolute Gasteiger partial charge is 0.506 e. The number of phenols is 1. The molecule has 28 heavy (non-hydrogen) atoms. The van der Waals surface area contributed by atoms with Gasteiger partial charge in [0.25, 0.3) is 5.91 Å². The minimum atomic E-state index is -3.71. The predicted octanol–water partition coefficient (Wildman–Crippen LogP) is 2.46. The highest BCUT2D eigenvalue weighted by atomic mass is 79.9. The molecule has 2 fully saturated rings. The molecule has 2 aliphatic rings. The number of nitrogens with zero attached hydrogens (tertiary/aromatic N) is 4. The maximum absolute atomic E-state index is 13.0. The first-order valence-electron chi connectivity index (χ1n) is 8.26.